The molecule has 1 aromatic rings. The molecule has 66 valence electrons. The number of hydrogen-bond acceptors (Lipinski definition) is 3. The molecule has 3 heteroatoms. The van der Waals surface area contributed by atoms with Crippen molar-refractivity contribution in [2.24, 2.45) is 11.5 Å². The molecule has 0 aliphatic rings. The summed E-state index contributed by atoms with van der Waals surface area (Å²) in [6.07, 6.45) is 1.77. The van der Waals surface area contributed by atoms with E-state index in [2.05, 4.69) is 4.98 Å². The summed E-state index contributed by atoms with van der Waals surface area (Å²) in [6.45, 7) is 2.54. The lowest BCUT2D eigenvalue weighted by Gasteiger charge is -2.16. The molecule has 2 unspecified atom stereocenters. The minimum atomic E-state index is -0.0000926. The quantitative estimate of drug-likeness (QED) is 0.684. The third kappa shape index (κ3) is 2.03. The molecule has 0 amide bonds. The maximum atomic E-state index is 5.78. The number of pyridine rings is 1. The molecular formula is C9H15N3. The van der Waals surface area contributed by atoms with Gasteiger partial charge in [-0.1, -0.05) is 13.0 Å². The molecule has 0 radical (unpaired) electrons. The summed E-state index contributed by atoms with van der Waals surface area (Å²) in [5, 5.41) is 0. The largest absolute Gasteiger partial charge is 0.329 e. The first-order valence-corrected chi connectivity index (χ1v) is 4.12. The van der Waals surface area contributed by atoms with Crippen LogP contribution < -0.4 is 11.5 Å². The Balaban J connectivity index is 2.71. The summed E-state index contributed by atoms with van der Waals surface area (Å²) in [5.41, 5.74) is 12.3. The van der Waals surface area contributed by atoms with Crippen molar-refractivity contribution in [1.82, 2.24) is 4.98 Å². The highest BCUT2D eigenvalue weighted by Crippen LogP contribution is 2.13. The van der Waals surface area contributed by atoms with Crippen LogP contribution >= 0.6 is 0 Å². The third-order valence-electron chi connectivity index (χ3n) is 2.07. The molecule has 2 atom stereocenters. The van der Waals surface area contributed by atoms with Crippen LogP contribution in [0.3, 0.4) is 0 Å². The smallest absolute Gasteiger partial charge is 0.0447 e. The second-order valence-corrected chi connectivity index (χ2v) is 2.94. The van der Waals surface area contributed by atoms with E-state index in [0.717, 1.165) is 5.69 Å². The van der Waals surface area contributed by atoms with Gasteiger partial charge in [-0.3, -0.25) is 4.98 Å². The van der Waals surface area contributed by atoms with E-state index in [-0.39, 0.29) is 12.0 Å². The van der Waals surface area contributed by atoms with Gasteiger partial charge in [-0.25, -0.2) is 0 Å². The topological polar surface area (TPSA) is 64.9 Å². The first-order valence-electron chi connectivity index (χ1n) is 4.12. The number of hydrogen-bond donors (Lipinski definition) is 2. The van der Waals surface area contributed by atoms with Crippen molar-refractivity contribution < 1.29 is 0 Å². The van der Waals surface area contributed by atoms with E-state index < -0.39 is 0 Å². The Morgan fingerprint density at radius 2 is 2.25 bits per heavy atom. The Hall–Kier alpha value is -0.930. The zero-order chi connectivity index (χ0) is 8.97. The summed E-state index contributed by atoms with van der Waals surface area (Å²) < 4.78 is 0. The summed E-state index contributed by atoms with van der Waals surface area (Å²) in [7, 11) is 0. The third-order valence-corrected chi connectivity index (χ3v) is 2.07. The van der Waals surface area contributed by atoms with Crippen LogP contribution in [0.4, 0.5) is 0 Å². The molecule has 0 saturated carbocycles. The summed E-state index contributed by atoms with van der Waals surface area (Å²) in [6, 6.07) is 5.83. The molecular weight excluding hydrogens is 150 g/mol. The van der Waals surface area contributed by atoms with Crippen molar-refractivity contribution in [3.63, 3.8) is 0 Å². The van der Waals surface area contributed by atoms with Crippen molar-refractivity contribution in [2.75, 3.05) is 6.54 Å². The van der Waals surface area contributed by atoms with Crippen molar-refractivity contribution in [1.29, 1.82) is 0 Å². The van der Waals surface area contributed by atoms with E-state index in [9.17, 15) is 0 Å². The Labute approximate surface area is 72.8 Å². The number of aromatic nitrogens is 1. The molecule has 0 aliphatic carbocycles. The van der Waals surface area contributed by atoms with Crippen molar-refractivity contribution in [3.05, 3.63) is 30.1 Å². The van der Waals surface area contributed by atoms with Gasteiger partial charge >= 0.3 is 0 Å². The van der Waals surface area contributed by atoms with Crippen LogP contribution in [0, 0.1) is 0 Å². The second-order valence-electron chi connectivity index (χ2n) is 2.94. The first-order chi connectivity index (χ1) is 5.75. The maximum absolute atomic E-state index is 5.78. The molecule has 3 nitrogen and oxygen atoms in total. The minimum Gasteiger partial charge on any atom is -0.329 e. The lowest BCUT2D eigenvalue weighted by molar-refractivity contribution is 0.564. The molecule has 0 spiro atoms. The van der Waals surface area contributed by atoms with Gasteiger partial charge in [0.05, 0.1) is 0 Å². The molecule has 12 heavy (non-hydrogen) atoms. The van der Waals surface area contributed by atoms with Crippen LogP contribution in [0.1, 0.15) is 18.5 Å². The highest BCUT2D eigenvalue weighted by atomic mass is 14.8. The lowest BCUT2D eigenvalue weighted by Crippen LogP contribution is -2.34. The predicted octanol–water partition coefficient (Wildman–Crippen LogP) is 0.471. The Morgan fingerprint density at radius 1 is 1.50 bits per heavy atom. The lowest BCUT2D eigenvalue weighted by atomic mass is 9.99. The maximum Gasteiger partial charge on any atom is 0.0447 e. The molecule has 0 aliphatic heterocycles. The van der Waals surface area contributed by atoms with E-state index >= 15 is 0 Å². The molecule has 0 bridgehead atoms. The van der Waals surface area contributed by atoms with E-state index in [1.165, 1.54) is 0 Å². The van der Waals surface area contributed by atoms with Crippen molar-refractivity contribution in [3.8, 4) is 0 Å². The minimum absolute atomic E-state index is 0.0000926. The zero-order valence-electron chi connectivity index (χ0n) is 7.27. The second kappa shape index (κ2) is 4.18. The Morgan fingerprint density at radius 3 is 2.75 bits per heavy atom. The molecule has 0 saturated heterocycles. The van der Waals surface area contributed by atoms with Crippen molar-refractivity contribution in [2.45, 2.75) is 18.9 Å². The van der Waals surface area contributed by atoms with E-state index in [0.29, 0.717) is 6.54 Å². The van der Waals surface area contributed by atoms with Gasteiger partial charge in [0, 0.05) is 30.4 Å². The highest BCUT2D eigenvalue weighted by molar-refractivity contribution is 5.10. The fraction of sp³-hybridized carbons (Fsp3) is 0.444. The van der Waals surface area contributed by atoms with Gasteiger partial charge in [-0.15, -0.1) is 0 Å². The average molecular weight is 165 g/mol. The molecule has 1 rings (SSSR count). The van der Waals surface area contributed by atoms with Crippen molar-refractivity contribution >= 4 is 0 Å². The normalized spacial score (nSPS) is 15.6. The van der Waals surface area contributed by atoms with Gasteiger partial charge < -0.3 is 11.5 Å². The molecule has 0 fully saturated rings. The van der Waals surface area contributed by atoms with E-state index in [1.54, 1.807) is 6.20 Å². The summed E-state index contributed by atoms with van der Waals surface area (Å²) in [4.78, 5) is 4.21. The van der Waals surface area contributed by atoms with Gasteiger partial charge in [0.25, 0.3) is 0 Å². The van der Waals surface area contributed by atoms with Crippen LogP contribution in [0.15, 0.2) is 24.4 Å². The van der Waals surface area contributed by atoms with Crippen LogP contribution in [-0.2, 0) is 0 Å². The Bertz CT molecular complexity index is 222. The highest BCUT2D eigenvalue weighted by Gasteiger charge is 2.13. The van der Waals surface area contributed by atoms with Gasteiger partial charge in [-0.2, -0.15) is 0 Å². The van der Waals surface area contributed by atoms with Gasteiger partial charge in [0.1, 0.15) is 0 Å². The van der Waals surface area contributed by atoms with Crippen LogP contribution in [-0.4, -0.2) is 17.6 Å². The summed E-state index contributed by atoms with van der Waals surface area (Å²) in [5.74, 6) is 0.233. The van der Waals surface area contributed by atoms with Crippen LogP contribution in [0.5, 0.6) is 0 Å². The first kappa shape index (κ1) is 9.16. The van der Waals surface area contributed by atoms with E-state index in [1.807, 2.05) is 25.1 Å². The Kier molecular flexibility index (Phi) is 3.19. The average Bonchev–Trinajstić information content (AvgIpc) is 2.17. The fourth-order valence-corrected chi connectivity index (χ4v) is 1.07. The van der Waals surface area contributed by atoms with Crippen LogP contribution in [0.2, 0.25) is 0 Å². The summed E-state index contributed by atoms with van der Waals surface area (Å²) >= 11 is 0. The molecule has 4 N–H and O–H groups in total. The van der Waals surface area contributed by atoms with Gasteiger partial charge in [0.15, 0.2) is 0 Å². The standard InChI is InChI=1S/C9H15N3/c1-7(8(11)6-10)9-4-2-3-5-12-9/h2-5,7-8H,6,10-11H2,1H3. The number of nitrogens with two attached hydrogens (primary N) is 2. The van der Waals surface area contributed by atoms with Crippen LogP contribution in [0.25, 0.3) is 0 Å². The number of nitrogens with zero attached hydrogens (tertiary/aromatic N) is 1. The molecule has 0 aromatic carbocycles. The fourth-order valence-electron chi connectivity index (χ4n) is 1.07. The SMILES string of the molecule is CC(c1ccccn1)C(N)CN. The van der Waals surface area contributed by atoms with Gasteiger partial charge in [0.2, 0.25) is 0 Å². The predicted molar refractivity (Wildman–Crippen MR) is 49.7 cm³/mol. The molecule has 1 heterocycles. The van der Waals surface area contributed by atoms with E-state index in [4.69, 9.17) is 11.5 Å². The number of rotatable bonds is 3. The molecule has 1 aromatic heterocycles. The zero-order valence-corrected chi connectivity index (χ0v) is 7.27. The van der Waals surface area contributed by atoms with Gasteiger partial charge in [-0.05, 0) is 12.1 Å². The monoisotopic (exact) mass is 165 g/mol.